The Labute approximate surface area is 143 Å². The van der Waals surface area contributed by atoms with Gasteiger partial charge >= 0.3 is 5.97 Å². The van der Waals surface area contributed by atoms with Crippen molar-refractivity contribution in [1.29, 1.82) is 0 Å². The molecule has 0 unspecified atom stereocenters. The molecule has 0 atom stereocenters. The fourth-order valence-corrected chi connectivity index (χ4v) is 2.34. The zero-order valence-corrected chi connectivity index (χ0v) is 14.4. The van der Waals surface area contributed by atoms with E-state index in [1.807, 2.05) is 0 Å². The van der Waals surface area contributed by atoms with Crippen LogP contribution in [0.5, 0.6) is 0 Å². The average molecular weight is 364 g/mol. The van der Waals surface area contributed by atoms with E-state index in [-0.39, 0.29) is 35.9 Å². The lowest BCUT2D eigenvalue weighted by Gasteiger charge is -2.12. The Bertz CT molecular complexity index is 647. The van der Waals surface area contributed by atoms with Crippen LogP contribution in [0.2, 0.25) is 10.3 Å². The SMILES string of the molecule is CCOC=C(C(=O)OCC)C(=O)c1c(Cl)nc(Cl)c(F)c1CC. The molecule has 126 valence electrons. The second-order valence-corrected chi connectivity index (χ2v) is 4.97. The number of hydrogen-bond acceptors (Lipinski definition) is 5. The van der Waals surface area contributed by atoms with Crippen LogP contribution >= 0.6 is 23.2 Å². The Morgan fingerprint density at radius 3 is 2.35 bits per heavy atom. The topological polar surface area (TPSA) is 65.5 Å². The Kier molecular flexibility index (Phi) is 7.45. The minimum Gasteiger partial charge on any atom is -0.500 e. The molecule has 1 aromatic rings. The van der Waals surface area contributed by atoms with Gasteiger partial charge in [0.2, 0.25) is 5.78 Å². The first kappa shape index (κ1) is 19.4. The van der Waals surface area contributed by atoms with E-state index >= 15 is 0 Å². The molecule has 0 saturated carbocycles. The standard InChI is InChI=1S/C15H16Cl2FNO4/c1-4-8-10(13(16)19-14(17)11(8)18)12(20)9(7-22-5-2)15(21)23-6-3/h7H,4-6H2,1-3H3. The van der Waals surface area contributed by atoms with Gasteiger partial charge in [0.15, 0.2) is 11.0 Å². The second-order valence-electron chi connectivity index (χ2n) is 4.25. The Balaban J connectivity index is 3.45. The van der Waals surface area contributed by atoms with Crippen LogP contribution in [0.3, 0.4) is 0 Å². The van der Waals surface area contributed by atoms with Crippen molar-refractivity contribution in [2.45, 2.75) is 27.2 Å². The van der Waals surface area contributed by atoms with Gasteiger partial charge in [0.25, 0.3) is 0 Å². The predicted octanol–water partition coefficient (Wildman–Crippen LogP) is 3.76. The van der Waals surface area contributed by atoms with Gasteiger partial charge in [-0.05, 0) is 20.3 Å². The molecule has 0 aliphatic carbocycles. The summed E-state index contributed by atoms with van der Waals surface area (Å²) < 4.78 is 23.9. The fourth-order valence-electron chi connectivity index (χ4n) is 1.82. The lowest BCUT2D eigenvalue weighted by molar-refractivity contribution is -0.138. The summed E-state index contributed by atoms with van der Waals surface area (Å²) in [6.45, 7) is 5.19. The molecule has 0 fully saturated rings. The van der Waals surface area contributed by atoms with Crippen molar-refractivity contribution in [3.63, 3.8) is 0 Å². The smallest absolute Gasteiger partial charge is 0.345 e. The van der Waals surface area contributed by atoms with Gasteiger partial charge in [0.05, 0.1) is 18.8 Å². The summed E-state index contributed by atoms with van der Waals surface area (Å²) in [5, 5.41) is -0.722. The number of pyridine rings is 1. The molecule has 0 aliphatic heterocycles. The van der Waals surface area contributed by atoms with E-state index in [0.717, 1.165) is 6.26 Å². The normalized spacial score (nSPS) is 11.3. The fraction of sp³-hybridized carbons (Fsp3) is 0.400. The molecule has 0 aromatic carbocycles. The van der Waals surface area contributed by atoms with Crippen molar-refractivity contribution in [3.05, 3.63) is 39.1 Å². The van der Waals surface area contributed by atoms with E-state index < -0.39 is 28.3 Å². The number of nitrogens with zero attached hydrogens (tertiary/aromatic N) is 1. The van der Waals surface area contributed by atoms with Crippen molar-refractivity contribution in [2.24, 2.45) is 0 Å². The third-order valence-corrected chi connectivity index (χ3v) is 3.36. The van der Waals surface area contributed by atoms with E-state index in [2.05, 4.69) is 4.98 Å². The van der Waals surface area contributed by atoms with Gasteiger partial charge in [-0.15, -0.1) is 0 Å². The molecule has 0 spiro atoms. The summed E-state index contributed by atoms with van der Waals surface area (Å²) >= 11 is 11.6. The Morgan fingerprint density at radius 2 is 1.83 bits per heavy atom. The maximum Gasteiger partial charge on any atom is 0.345 e. The van der Waals surface area contributed by atoms with Crippen LogP contribution in [0, 0.1) is 5.82 Å². The van der Waals surface area contributed by atoms with Crippen molar-refractivity contribution in [1.82, 2.24) is 4.98 Å². The first-order valence-electron chi connectivity index (χ1n) is 6.95. The average Bonchev–Trinajstić information content (AvgIpc) is 2.50. The first-order chi connectivity index (χ1) is 10.9. The summed E-state index contributed by atoms with van der Waals surface area (Å²) in [4.78, 5) is 28.2. The lowest BCUT2D eigenvalue weighted by atomic mass is 9.99. The molecule has 0 saturated heterocycles. The number of Topliss-reactive ketones (excluding diaryl/α,β-unsaturated/α-hetero) is 1. The van der Waals surface area contributed by atoms with Crippen LogP contribution in [-0.2, 0) is 20.7 Å². The molecular weight excluding hydrogens is 348 g/mol. The molecule has 8 heteroatoms. The minimum atomic E-state index is -0.889. The number of ether oxygens (including phenoxy) is 2. The highest BCUT2D eigenvalue weighted by Crippen LogP contribution is 2.28. The molecule has 1 aromatic heterocycles. The monoisotopic (exact) mass is 363 g/mol. The van der Waals surface area contributed by atoms with Gasteiger partial charge in [-0.3, -0.25) is 4.79 Å². The number of halogens is 3. The van der Waals surface area contributed by atoms with Gasteiger partial charge in [0.1, 0.15) is 17.0 Å². The van der Waals surface area contributed by atoms with Crippen LogP contribution in [0.25, 0.3) is 0 Å². The maximum absolute atomic E-state index is 14.1. The lowest BCUT2D eigenvalue weighted by Crippen LogP contribution is -2.19. The zero-order valence-electron chi connectivity index (χ0n) is 12.9. The van der Waals surface area contributed by atoms with Gasteiger partial charge in [0, 0.05) is 5.56 Å². The summed E-state index contributed by atoms with van der Waals surface area (Å²) in [6.07, 6.45) is 1.11. The first-order valence-corrected chi connectivity index (χ1v) is 7.71. The van der Waals surface area contributed by atoms with E-state index in [9.17, 15) is 14.0 Å². The number of carbonyl (C=O) groups excluding carboxylic acids is 2. The number of esters is 1. The van der Waals surface area contributed by atoms with Crippen LogP contribution < -0.4 is 0 Å². The minimum absolute atomic E-state index is 0.0216. The molecule has 0 N–H and O–H groups in total. The summed E-state index contributed by atoms with van der Waals surface area (Å²) in [5.74, 6) is -2.57. The number of aromatic nitrogens is 1. The third-order valence-electron chi connectivity index (χ3n) is 2.84. The van der Waals surface area contributed by atoms with Crippen molar-refractivity contribution >= 4 is 35.0 Å². The molecule has 0 bridgehead atoms. The van der Waals surface area contributed by atoms with Gasteiger partial charge in [-0.25, -0.2) is 14.2 Å². The predicted molar refractivity (Wildman–Crippen MR) is 84.3 cm³/mol. The molecule has 0 aliphatic rings. The third kappa shape index (κ3) is 4.42. The van der Waals surface area contributed by atoms with Crippen molar-refractivity contribution in [2.75, 3.05) is 13.2 Å². The largest absolute Gasteiger partial charge is 0.500 e. The summed E-state index contributed by atoms with van der Waals surface area (Å²) in [5.41, 5.74) is -0.643. The van der Waals surface area contributed by atoms with Gasteiger partial charge < -0.3 is 9.47 Å². The summed E-state index contributed by atoms with van der Waals surface area (Å²) in [6, 6.07) is 0. The Hall–Kier alpha value is -1.66. The van der Waals surface area contributed by atoms with Crippen LogP contribution in [-0.4, -0.2) is 30.0 Å². The number of rotatable bonds is 7. The van der Waals surface area contributed by atoms with Crippen molar-refractivity contribution < 1.29 is 23.5 Å². The number of carbonyl (C=O) groups is 2. The summed E-state index contributed by atoms with van der Waals surface area (Å²) in [7, 11) is 0. The molecule has 5 nitrogen and oxygen atoms in total. The van der Waals surface area contributed by atoms with Crippen molar-refractivity contribution in [3.8, 4) is 0 Å². The highest BCUT2D eigenvalue weighted by Gasteiger charge is 2.29. The quantitative estimate of drug-likeness (QED) is 0.140. The van der Waals surface area contributed by atoms with E-state index in [0.29, 0.717) is 0 Å². The highest BCUT2D eigenvalue weighted by atomic mass is 35.5. The van der Waals surface area contributed by atoms with E-state index in [1.54, 1.807) is 20.8 Å². The maximum atomic E-state index is 14.1. The molecule has 1 rings (SSSR count). The van der Waals surface area contributed by atoms with Crippen LogP contribution in [0.1, 0.15) is 36.7 Å². The van der Waals surface area contributed by atoms with Crippen LogP contribution in [0.4, 0.5) is 4.39 Å². The number of hydrogen-bond donors (Lipinski definition) is 0. The van der Waals surface area contributed by atoms with E-state index in [4.69, 9.17) is 32.7 Å². The zero-order chi connectivity index (χ0) is 17.6. The number of ketones is 1. The highest BCUT2D eigenvalue weighted by molar-refractivity contribution is 6.37. The molecule has 1 heterocycles. The van der Waals surface area contributed by atoms with Gasteiger partial charge in [-0.2, -0.15) is 0 Å². The Morgan fingerprint density at radius 1 is 1.17 bits per heavy atom. The molecular formula is C15H16Cl2FNO4. The van der Waals surface area contributed by atoms with Gasteiger partial charge in [-0.1, -0.05) is 30.1 Å². The molecule has 0 amide bonds. The molecule has 0 radical (unpaired) electrons. The second kappa shape index (κ2) is 8.84. The van der Waals surface area contributed by atoms with Crippen LogP contribution in [0.15, 0.2) is 11.8 Å². The van der Waals surface area contributed by atoms with E-state index in [1.165, 1.54) is 0 Å². The molecule has 23 heavy (non-hydrogen) atoms.